The topological polar surface area (TPSA) is 117 Å². The first-order valence-electron chi connectivity index (χ1n) is 14.6. The van der Waals surface area contributed by atoms with Crippen molar-refractivity contribution in [3.8, 4) is 0 Å². The SMILES string of the molecule is Cc1c(CNC(=O)CCc2ccccc2)ccc2nc(Nc3ccccc3CCC(=O)N(C)Cc3cccnc3)oc(=O)c12. The van der Waals surface area contributed by atoms with Gasteiger partial charge in [-0.25, -0.2) is 4.79 Å². The van der Waals surface area contributed by atoms with E-state index in [2.05, 4.69) is 20.6 Å². The molecule has 2 amide bonds. The normalized spacial score (nSPS) is 10.9. The Bertz CT molecular complexity index is 1810. The van der Waals surface area contributed by atoms with Gasteiger partial charge in [-0.2, -0.15) is 4.98 Å². The van der Waals surface area contributed by atoms with E-state index in [0.717, 1.165) is 22.3 Å². The number of carbonyl (C=O) groups is 2. The third-order valence-corrected chi connectivity index (χ3v) is 7.57. The average Bonchev–Trinajstić information content (AvgIpc) is 3.03. The van der Waals surface area contributed by atoms with Crippen LogP contribution in [-0.4, -0.2) is 33.7 Å². The van der Waals surface area contributed by atoms with Gasteiger partial charge in [-0.15, -0.1) is 0 Å². The fraction of sp³-hybridized carbons (Fsp3) is 0.229. The largest absolute Gasteiger partial charge is 0.388 e. The average molecular weight is 590 g/mol. The Balaban J connectivity index is 1.22. The van der Waals surface area contributed by atoms with E-state index in [9.17, 15) is 14.4 Å². The first-order chi connectivity index (χ1) is 21.4. The molecule has 2 heterocycles. The van der Waals surface area contributed by atoms with Crippen LogP contribution in [0.3, 0.4) is 0 Å². The molecule has 3 aromatic carbocycles. The number of nitrogens with zero attached hydrogens (tertiary/aromatic N) is 3. The fourth-order valence-corrected chi connectivity index (χ4v) is 5.05. The highest BCUT2D eigenvalue weighted by atomic mass is 16.4. The summed E-state index contributed by atoms with van der Waals surface area (Å²) in [6, 6.07) is 24.9. The molecule has 5 aromatic rings. The number of fused-ring (bicyclic) bond motifs is 1. The van der Waals surface area contributed by atoms with Gasteiger partial charge in [0, 0.05) is 51.1 Å². The second-order valence-electron chi connectivity index (χ2n) is 10.7. The monoisotopic (exact) mass is 589 g/mol. The molecule has 9 nitrogen and oxygen atoms in total. The zero-order chi connectivity index (χ0) is 30.9. The lowest BCUT2D eigenvalue weighted by Crippen LogP contribution is -2.26. The molecule has 0 aliphatic carbocycles. The van der Waals surface area contributed by atoms with E-state index >= 15 is 0 Å². The van der Waals surface area contributed by atoms with Crippen molar-refractivity contribution in [1.82, 2.24) is 20.2 Å². The zero-order valence-electron chi connectivity index (χ0n) is 24.9. The lowest BCUT2D eigenvalue weighted by molar-refractivity contribution is -0.130. The van der Waals surface area contributed by atoms with E-state index in [4.69, 9.17) is 4.42 Å². The van der Waals surface area contributed by atoms with Crippen LogP contribution in [0, 0.1) is 6.92 Å². The number of hydrogen-bond donors (Lipinski definition) is 2. The molecule has 0 aliphatic rings. The maximum absolute atomic E-state index is 13.1. The summed E-state index contributed by atoms with van der Waals surface area (Å²) in [6.45, 7) is 2.62. The van der Waals surface area contributed by atoms with Gasteiger partial charge in [0.05, 0.1) is 10.9 Å². The first-order valence-corrected chi connectivity index (χ1v) is 14.6. The van der Waals surface area contributed by atoms with Crippen molar-refractivity contribution in [2.75, 3.05) is 12.4 Å². The van der Waals surface area contributed by atoms with Gasteiger partial charge in [-0.1, -0.05) is 60.7 Å². The van der Waals surface area contributed by atoms with Gasteiger partial charge in [-0.05, 0) is 65.8 Å². The molecule has 0 fully saturated rings. The van der Waals surface area contributed by atoms with Gasteiger partial charge in [-0.3, -0.25) is 14.6 Å². The summed E-state index contributed by atoms with van der Waals surface area (Å²) < 4.78 is 5.58. The number of nitrogens with one attached hydrogen (secondary N) is 2. The molecule has 0 unspecified atom stereocenters. The standard InChI is InChI=1S/C35H35N5O4/c1-24-28(22-37-31(41)18-14-25-9-4-3-5-10-25)15-17-30-33(24)34(43)44-35(39-30)38-29-13-7-6-12-27(29)16-19-32(42)40(2)23-26-11-8-20-36-21-26/h3-13,15,17,20-21H,14,16,18-19,22-23H2,1-2H3,(H,37,41)(H,38,39). The molecule has 44 heavy (non-hydrogen) atoms. The minimum atomic E-state index is -0.517. The van der Waals surface area contributed by atoms with Gasteiger partial charge in [0.25, 0.3) is 0 Å². The second-order valence-corrected chi connectivity index (χ2v) is 10.7. The Morgan fingerprint density at radius 1 is 0.864 bits per heavy atom. The molecule has 0 saturated heterocycles. The van der Waals surface area contributed by atoms with Crippen molar-refractivity contribution in [2.45, 2.75) is 45.7 Å². The smallest absolute Gasteiger partial charge is 0.348 e. The maximum atomic E-state index is 13.1. The van der Waals surface area contributed by atoms with Crippen molar-refractivity contribution in [1.29, 1.82) is 0 Å². The Morgan fingerprint density at radius 2 is 1.64 bits per heavy atom. The molecule has 2 aromatic heterocycles. The fourth-order valence-electron chi connectivity index (χ4n) is 5.05. The molecule has 0 spiro atoms. The number of pyridine rings is 1. The highest BCUT2D eigenvalue weighted by Crippen LogP contribution is 2.24. The molecule has 0 atom stereocenters. The summed E-state index contributed by atoms with van der Waals surface area (Å²) in [5.74, 6) is -0.0451. The third kappa shape index (κ3) is 7.74. The van der Waals surface area contributed by atoms with Gasteiger partial charge in [0.2, 0.25) is 11.8 Å². The van der Waals surface area contributed by atoms with Crippen LogP contribution in [0.2, 0.25) is 0 Å². The molecule has 0 radical (unpaired) electrons. The van der Waals surface area contributed by atoms with E-state index in [1.54, 1.807) is 30.4 Å². The number of carbonyl (C=O) groups excluding carboxylic acids is 2. The maximum Gasteiger partial charge on any atom is 0.348 e. The lowest BCUT2D eigenvalue weighted by atomic mass is 10.0. The summed E-state index contributed by atoms with van der Waals surface area (Å²) >= 11 is 0. The van der Waals surface area contributed by atoms with Crippen LogP contribution < -0.4 is 16.3 Å². The van der Waals surface area contributed by atoms with Crippen LogP contribution in [0.4, 0.5) is 11.7 Å². The van der Waals surface area contributed by atoms with Crippen LogP contribution in [-0.2, 0) is 35.5 Å². The van der Waals surface area contributed by atoms with Gasteiger partial charge >= 0.3 is 11.6 Å². The molecule has 224 valence electrons. The van der Waals surface area contributed by atoms with Crippen molar-refractivity contribution >= 4 is 34.4 Å². The van der Waals surface area contributed by atoms with Crippen molar-refractivity contribution in [2.24, 2.45) is 0 Å². The summed E-state index contributed by atoms with van der Waals surface area (Å²) in [5.41, 5.74) is 5.19. The minimum absolute atomic E-state index is 0.0117. The van der Waals surface area contributed by atoms with Crippen LogP contribution in [0.25, 0.3) is 10.9 Å². The zero-order valence-corrected chi connectivity index (χ0v) is 24.9. The summed E-state index contributed by atoms with van der Waals surface area (Å²) in [7, 11) is 1.78. The van der Waals surface area contributed by atoms with Gasteiger partial charge < -0.3 is 20.0 Å². The number of amides is 2. The summed E-state index contributed by atoms with van der Waals surface area (Å²) in [6.07, 6.45) is 5.31. The number of para-hydroxylation sites is 1. The van der Waals surface area contributed by atoms with Crippen molar-refractivity contribution in [3.05, 3.63) is 129 Å². The van der Waals surface area contributed by atoms with E-state index in [1.807, 2.05) is 79.7 Å². The first kappa shape index (κ1) is 30.2. The van der Waals surface area contributed by atoms with E-state index in [-0.39, 0.29) is 17.8 Å². The number of hydrogen-bond acceptors (Lipinski definition) is 7. The Kier molecular flexibility index (Phi) is 9.76. The quantitative estimate of drug-likeness (QED) is 0.198. The highest BCUT2D eigenvalue weighted by Gasteiger charge is 2.15. The number of anilines is 2. The molecule has 9 heteroatoms. The molecule has 2 N–H and O–H groups in total. The molecule has 0 aliphatic heterocycles. The number of aryl methyl sites for hydroxylation is 3. The molecule has 0 bridgehead atoms. The van der Waals surface area contributed by atoms with Gasteiger partial charge in [0.1, 0.15) is 0 Å². The molecular weight excluding hydrogens is 554 g/mol. The predicted octanol–water partition coefficient (Wildman–Crippen LogP) is 5.48. The number of benzene rings is 3. The summed E-state index contributed by atoms with van der Waals surface area (Å²) in [5, 5.41) is 6.46. The van der Waals surface area contributed by atoms with E-state index in [0.29, 0.717) is 60.9 Å². The Morgan fingerprint density at radius 3 is 2.43 bits per heavy atom. The molecule has 5 rings (SSSR count). The van der Waals surface area contributed by atoms with Crippen LogP contribution in [0.5, 0.6) is 0 Å². The molecular formula is C35H35N5O4. The number of rotatable bonds is 12. The number of aromatic nitrogens is 2. The van der Waals surface area contributed by atoms with E-state index in [1.165, 1.54) is 0 Å². The molecule has 0 saturated carbocycles. The van der Waals surface area contributed by atoms with E-state index < -0.39 is 5.63 Å². The van der Waals surface area contributed by atoms with Crippen molar-refractivity contribution < 1.29 is 14.0 Å². The van der Waals surface area contributed by atoms with Gasteiger partial charge in [0.15, 0.2) is 0 Å². The third-order valence-electron chi connectivity index (χ3n) is 7.57. The lowest BCUT2D eigenvalue weighted by Gasteiger charge is -2.18. The Labute approximate surface area is 256 Å². The van der Waals surface area contributed by atoms with Crippen molar-refractivity contribution in [3.63, 3.8) is 0 Å². The van der Waals surface area contributed by atoms with Crippen LogP contribution in [0.1, 0.15) is 40.7 Å². The highest BCUT2D eigenvalue weighted by molar-refractivity contribution is 5.83. The van der Waals surface area contributed by atoms with Crippen LogP contribution in [0.15, 0.2) is 100 Å². The summed E-state index contributed by atoms with van der Waals surface area (Å²) in [4.78, 5) is 48.7. The van der Waals surface area contributed by atoms with Crippen LogP contribution >= 0.6 is 0 Å². The Hall–Kier alpha value is -5.31. The predicted molar refractivity (Wildman–Crippen MR) is 170 cm³/mol. The minimum Gasteiger partial charge on any atom is -0.388 e. The second kappa shape index (κ2) is 14.2.